The molecule has 0 atom stereocenters. The summed E-state index contributed by atoms with van der Waals surface area (Å²) in [7, 11) is 1.62. The van der Waals surface area contributed by atoms with E-state index in [2.05, 4.69) is 4.74 Å². The Morgan fingerprint density at radius 2 is 2.00 bits per heavy atom. The minimum Gasteiger partial charge on any atom is -0.505 e. The summed E-state index contributed by atoms with van der Waals surface area (Å²) in [5.41, 5.74) is 0. The fraction of sp³-hybridized carbons (Fsp3) is 0.667. The molecule has 0 aromatic heterocycles. The Morgan fingerprint density at radius 3 is 2.00 bits per heavy atom. The molecular weight excluding hydrogens is 104 g/mol. The molecule has 0 fully saturated rings. The third kappa shape index (κ3) is 49.5. The standard InChI is InChI=1S/C4H8O.C2H6O/c1-3-4-5-2;1-2-3/h3-4H,1-2H3;3H,2H2,1H3/b4-3+;. The van der Waals surface area contributed by atoms with Crippen LogP contribution in [0.3, 0.4) is 0 Å². The molecule has 0 saturated heterocycles. The van der Waals surface area contributed by atoms with Gasteiger partial charge in [-0.2, -0.15) is 0 Å². The first-order valence-electron chi connectivity index (χ1n) is 2.58. The second-order valence-electron chi connectivity index (χ2n) is 1.02. The number of hydrogen-bond acceptors (Lipinski definition) is 2. The third-order valence-electron chi connectivity index (χ3n) is 0.272. The normalized spacial score (nSPS) is 8.00. The maximum atomic E-state index is 7.57. The van der Waals surface area contributed by atoms with E-state index in [4.69, 9.17) is 5.11 Å². The van der Waals surface area contributed by atoms with Crippen molar-refractivity contribution in [2.75, 3.05) is 13.7 Å². The highest BCUT2D eigenvalue weighted by Crippen LogP contribution is 1.64. The number of aliphatic hydroxyl groups excluding tert-OH is 1. The molecule has 0 bridgehead atoms. The average Bonchev–Trinajstić information content (AvgIpc) is 1.71. The fourth-order valence-electron chi connectivity index (χ4n) is 0.136. The molecule has 0 aliphatic carbocycles. The minimum absolute atomic E-state index is 0.250. The second-order valence-corrected chi connectivity index (χ2v) is 1.02. The maximum Gasteiger partial charge on any atom is 0.0781 e. The number of rotatable bonds is 1. The van der Waals surface area contributed by atoms with Crippen LogP contribution >= 0.6 is 0 Å². The lowest BCUT2D eigenvalue weighted by Crippen LogP contribution is -1.57. The second kappa shape index (κ2) is 16.1. The van der Waals surface area contributed by atoms with Crippen molar-refractivity contribution in [3.8, 4) is 0 Å². The van der Waals surface area contributed by atoms with Crippen LogP contribution in [0.25, 0.3) is 0 Å². The first-order valence-corrected chi connectivity index (χ1v) is 2.58. The predicted molar refractivity (Wildman–Crippen MR) is 34.6 cm³/mol. The van der Waals surface area contributed by atoms with E-state index in [0.717, 1.165) is 0 Å². The SMILES string of the molecule is C/C=C/OC.CCO. The van der Waals surface area contributed by atoms with E-state index in [1.807, 2.05) is 13.0 Å². The van der Waals surface area contributed by atoms with Crippen LogP contribution in [0.15, 0.2) is 12.3 Å². The van der Waals surface area contributed by atoms with Gasteiger partial charge in [-0.05, 0) is 13.8 Å². The molecule has 0 radical (unpaired) electrons. The molecule has 0 unspecified atom stereocenters. The van der Waals surface area contributed by atoms with Crippen molar-refractivity contribution in [1.29, 1.82) is 0 Å². The van der Waals surface area contributed by atoms with Crippen molar-refractivity contribution in [3.05, 3.63) is 12.3 Å². The number of hydrogen-bond donors (Lipinski definition) is 1. The van der Waals surface area contributed by atoms with Crippen LogP contribution in [0.5, 0.6) is 0 Å². The van der Waals surface area contributed by atoms with Crippen LogP contribution in [0, 0.1) is 0 Å². The lowest BCUT2D eigenvalue weighted by molar-refractivity contribution is 0.318. The zero-order chi connectivity index (χ0) is 6.83. The highest BCUT2D eigenvalue weighted by molar-refractivity contribution is 4.63. The smallest absolute Gasteiger partial charge is 0.0781 e. The van der Waals surface area contributed by atoms with E-state index >= 15 is 0 Å². The summed E-state index contributed by atoms with van der Waals surface area (Å²) in [4.78, 5) is 0. The fourth-order valence-corrected chi connectivity index (χ4v) is 0.136. The van der Waals surface area contributed by atoms with Crippen LogP contribution in [0.1, 0.15) is 13.8 Å². The molecule has 0 amide bonds. The Bertz CT molecular complexity index is 41.8. The molecule has 50 valence electrons. The summed E-state index contributed by atoms with van der Waals surface area (Å²) in [6.07, 6.45) is 3.46. The largest absolute Gasteiger partial charge is 0.505 e. The Balaban J connectivity index is 0. The van der Waals surface area contributed by atoms with E-state index in [-0.39, 0.29) is 6.61 Å². The van der Waals surface area contributed by atoms with Crippen molar-refractivity contribution in [3.63, 3.8) is 0 Å². The van der Waals surface area contributed by atoms with Gasteiger partial charge in [0.05, 0.1) is 13.4 Å². The van der Waals surface area contributed by atoms with Gasteiger partial charge in [0.25, 0.3) is 0 Å². The maximum absolute atomic E-state index is 7.57. The van der Waals surface area contributed by atoms with E-state index in [0.29, 0.717) is 0 Å². The summed E-state index contributed by atoms with van der Waals surface area (Å²) >= 11 is 0. The summed E-state index contributed by atoms with van der Waals surface area (Å²) in [5.74, 6) is 0. The van der Waals surface area contributed by atoms with E-state index in [1.165, 1.54) is 0 Å². The number of ether oxygens (including phenoxy) is 1. The molecule has 0 saturated carbocycles. The van der Waals surface area contributed by atoms with E-state index in [9.17, 15) is 0 Å². The van der Waals surface area contributed by atoms with Gasteiger partial charge in [-0.1, -0.05) is 6.08 Å². The topological polar surface area (TPSA) is 29.5 Å². The summed E-state index contributed by atoms with van der Waals surface area (Å²) < 4.78 is 4.51. The van der Waals surface area contributed by atoms with Crippen LogP contribution in [0.4, 0.5) is 0 Å². The van der Waals surface area contributed by atoms with Crippen LogP contribution in [-0.2, 0) is 4.74 Å². The van der Waals surface area contributed by atoms with Gasteiger partial charge in [0.2, 0.25) is 0 Å². The van der Waals surface area contributed by atoms with Crippen molar-refractivity contribution < 1.29 is 9.84 Å². The van der Waals surface area contributed by atoms with E-state index in [1.54, 1.807) is 20.3 Å². The molecule has 0 aromatic rings. The molecule has 8 heavy (non-hydrogen) atoms. The predicted octanol–water partition coefficient (Wildman–Crippen LogP) is 1.16. The van der Waals surface area contributed by atoms with Crippen LogP contribution < -0.4 is 0 Å². The zero-order valence-corrected chi connectivity index (χ0v) is 5.72. The Morgan fingerprint density at radius 1 is 1.62 bits per heavy atom. The Hall–Kier alpha value is -0.500. The van der Waals surface area contributed by atoms with Crippen LogP contribution in [-0.4, -0.2) is 18.8 Å². The summed E-state index contributed by atoms with van der Waals surface area (Å²) in [6.45, 7) is 3.84. The van der Waals surface area contributed by atoms with Gasteiger partial charge in [0.1, 0.15) is 0 Å². The molecule has 0 heterocycles. The highest BCUT2D eigenvalue weighted by Gasteiger charge is 1.47. The quantitative estimate of drug-likeness (QED) is 0.523. The molecule has 0 rings (SSSR count). The summed E-state index contributed by atoms with van der Waals surface area (Å²) in [6, 6.07) is 0. The summed E-state index contributed by atoms with van der Waals surface area (Å²) in [5, 5.41) is 7.57. The Kier molecular flexibility index (Phi) is 21.0. The number of methoxy groups -OCH3 is 1. The minimum atomic E-state index is 0.250. The average molecular weight is 118 g/mol. The highest BCUT2D eigenvalue weighted by atomic mass is 16.5. The van der Waals surface area contributed by atoms with Crippen molar-refractivity contribution >= 4 is 0 Å². The number of aliphatic hydroxyl groups is 1. The van der Waals surface area contributed by atoms with Gasteiger partial charge in [0.15, 0.2) is 0 Å². The lowest BCUT2D eigenvalue weighted by atomic mass is 10.7. The van der Waals surface area contributed by atoms with Crippen LogP contribution in [0.2, 0.25) is 0 Å². The molecule has 0 aromatic carbocycles. The zero-order valence-electron chi connectivity index (χ0n) is 5.72. The molecule has 2 nitrogen and oxygen atoms in total. The van der Waals surface area contributed by atoms with Gasteiger partial charge in [-0.3, -0.25) is 0 Å². The van der Waals surface area contributed by atoms with Gasteiger partial charge in [-0.25, -0.2) is 0 Å². The van der Waals surface area contributed by atoms with Gasteiger partial charge >= 0.3 is 0 Å². The van der Waals surface area contributed by atoms with Crippen molar-refractivity contribution in [1.82, 2.24) is 0 Å². The molecule has 0 aliphatic heterocycles. The van der Waals surface area contributed by atoms with Crippen molar-refractivity contribution in [2.45, 2.75) is 13.8 Å². The third-order valence-corrected chi connectivity index (χ3v) is 0.272. The molecule has 0 aliphatic rings. The van der Waals surface area contributed by atoms with Gasteiger partial charge < -0.3 is 9.84 Å². The lowest BCUT2D eigenvalue weighted by Gasteiger charge is -1.76. The first-order chi connectivity index (χ1) is 3.83. The monoisotopic (exact) mass is 118 g/mol. The Labute approximate surface area is 50.8 Å². The van der Waals surface area contributed by atoms with Gasteiger partial charge in [-0.15, -0.1) is 0 Å². The number of allylic oxidation sites excluding steroid dienone is 1. The van der Waals surface area contributed by atoms with Gasteiger partial charge in [0, 0.05) is 6.61 Å². The van der Waals surface area contributed by atoms with Crippen molar-refractivity contribution in [2.24, 2.45) is 0 Å². The molecular formula is C6H14O2. The first kappa shape index (κ1) is 10.5. The van der Waals surface area contributed by atoms with E-state index < -0.39 is 0 Å². The molecule has 0 spiro atoms. The molecule has 1 N–H and O–H groups in total. The molecule has 2 heteroatoms.